The van der Waals surface area contributed by atoms with E-state index in [9.17, 15) is 19.7 Å². The quantitative estimate of drug-likeness (QED) is 0.0835. The van der Waals surface area contributed by atoms with Gasteiger partial charge in [-0.3, -0.25) is 10.1 Å². The number of benzene rings is 4. The first-order valence-corrected chi connectivity index (χ1v) is 13.2. The van der Waals surface area contributed by atoms with E-state index in [0.29, 0.717) is 27.9 Å². The summed E-state index contributed by atoms with van der Waals surface area (Å²) >= 11 is 0. The Morgan fingerprint density at radius 3 is 1.80 bits per heavy atom. The van der Waals surface area contributed by atoms with Crippen LogP contribution >= 0.6 is 0 Å². The zero-order chi connectivity index (χ0) is 32.1. The first-order valence-electron chi connectivity index (χ1n) is 13.2. The van der Waals surface area contributed by atoms with Crippen LogP contribution in [0.4, 0.5) is 11.4 Å². The molecule has 220 valence electrons. The number of carbonyl (C=O) groups excluding carboxylic acids is 2. The average molecular weight is 589 g/mol. The highest BCUT2D eigenvalue weighted by Crippen LogP contribution is 2.21. The number of ether oxygens (including phenoxy) is 2. The number of nitrogen functional groups attached to an aromatic ring is 1. The molecular formula is C34H28N4O6. The fourth-order valence-electron chi connectivity index (χ4n) is 4.02. The lowest BCUT2D eigenvalue weighted by molar-refractivity contribution is -0.385. The fraction of sp³-hybridized carbons (Fsp3) is 0.118. The van der Waals surface area contributed by atoms with Crippen molar-refractivity contribution in [3.05, 3.63) is 140 Å². The zero-order valence-corrected chi connectivity index (χ0v) is 24.0. The average Bonchev–Trinajstić information content (AvgIpc) is 3.06. The topological polar surface area (TPSA) is 169 Å². The third kappa shape index (κ3) is 8.87. The molecule has 0 spiro atoms. The molecular weight excluding hydrogens is 560 g/mol. The largest absolute Gasteiger partial charge is 0.465 e. The molecule has 0 aromatic heterocycles. The highest BCUT2D eigenvalue weighted by Gasteiger charge is 2.13. The first kappa shape index (κ1) is 32.3. The van der Waals surface area contributed by atoms with E-state index >= 15 is 0 Å². The Bertz CT molecular complexity index is 1770. The van der Waals surface area contributed by atoms with Gasteiger partial charge in [0.2, 0.25) is 0 Å². The molecule has 0 heterocycles. The van der Waals surface area contributed by atoms with E-state index in [4.69, 9.17) is 16.3 Å². The van der Waals surface area contributed by atoms with Crippen LogP contribution in [0.2, 0.25) is 0 Å². The standard InChI is InChI=1S/C17H12N2O4.C17H16N2O2/c1-23-17(20)14-7-4-12(5-8-14)2-3-13-6-9-16(19(21)22)15(10-13)11-18;1-21-17(20)14-7-4-12(5-8-14)2-3-13-6-9-16(19)15(10-13)11-18/h2-10H,1H3;4-10H,2-3,19H2,1H3/b3-2+;. The predicted molar refractivity (Wildman–Crippen MR) is 165 cm³/mol. The minimum Gasteiger partial charge on any atom is -0.465 e. The van der Waals surface area contributed by atoms with Gasteiger partial charge in [-0.2, -0.15) is 10.5 Å². The van der Waals surface area contributed by atoms with Crippen molar-refractivity contribution in [3.63, 3.8) is 0 Å². The summed E-state index contributed by atoms with van der Waals surface area (Å²) in [5, 5.41) is 28.7. The number of nitro groups is 1. The molecule has 4 aromatic carbocycles. The van der Waals surface area contributed by atoms with Crippen molar-refractivity contribution in [2.45, 2.75) is 12.8 Å². The van der Waals surface area contributed by atoms with Crippen LogP contribution in [-0.2, 0) is 22.3 Å². The highest BCUT2D eigenvalue weighted by molar-refractivity contribution is 5.90. The second-order valence-corrected chi connectivity index (χ2v) is 9.31. The third-order valence-electron chi connectivity index (χ3n) is 6.45. The normalized spacial score (nSPS) is 10.1. The van der Waals surface area contributed by atoms with Crippen LogP contribution in [0.25, 0.3) is 12.2 Å². The van der Waals surface area contributed by atoms with E-state index in [2.05, 4.69) is 15.5 Å². The third-order valence-corrected chi connectivity index (χ3v) is 6.45. The smallest absolute Gasteiger partial charge is 0.337 e. The second-order valence-electron chi connectivity index (χ2n) is 9.31. The Morgan fingerprint density at radius 2 is 1.25 bits per heavy atom. The number of anilines is 1. The predicted octanol–water partition coefficient (Wildman–Crippen LogP) is 6.14. The van der Waals surface area contributed by atoms with E-state index in [-0.39, 0.29) is 17.2 Å². The number of nitriles is 2. The summed E-state index contributed by atoms with van der Waals surface area (Å²) < 4.78 is 9.28. The molecule has 10 nitrogen and oxygen atoms in total. The summed E-state index contributed by atoms with van der Waals surface area (Å²) in [6, 6.07) is 27.8. The van der Waals surface area contributed by atoms with Gasteiger partial charge in [0.15, 0.2) is 0 Å². The molecule has 0 radical (unpaired) electrons. The number of rotatable bonds is 8. The summed E-state index contributed by atoms with van der Waals surface area (Å²) in [7, 11) is 2.68. The van der Waals surface area contributed by atoms with Gasteiger partial charge in [0.1, 0.15) is 17.7 Å². The molecule has 0 unspecified atom stereocenters. The molecule has 0 fully saturated rings. The Labute approximate surface area is 254 Å². The van der Waals surface area contributed by atoms with Crippen LogP contribution in [0.3, 0.4) is 0 Å². The molecule has 0 aliphatic carbocycles. The SMILES string of the molecule is COC(=O)c1ccc(/C=C/c2ccc([N+](=O)[O-])c(C#N)c2)cc1.COC(=O)c1ccc(CCc2ccc(N)c(C#N)c2)cc1. The Hall–Kier alpha value is -6.26. The number of esters is 2. The summed E-state index contributed by atoms with van der Waals surface area (Å²) in [4.78, 5) is 32.9. The van der Waals surface area contributed by atoms with Crippen molar-refractivity contribution >= 4 is 35.5 Å². The highest BCUT2D eigenvalue weighted by atomic mass is 16.6. The minimum absolute atomic E-state index is 0.0122. The molecule has 0 saturated carbocycles. The molecule has 0 aliphatic heterocycles. The molecule has 0 aliphatic rings. The van der Waals surface area contributed by atoms with E-state index in [1.165, 1.54) is 26.4 Å². The number of carbonyl (C=O) groups is 2. The molecule has 0 atom stereocenters. The van der Waals surface area contributed by atoms with Crippen molar-refractivity contribution in [2.24, 2.45) is 0 Å². The van der Waals surface area contributed by atoms with Gasteiger partial charge in [-0.15, -0.1) is 0 Å². The summed E-state index contributed by atoms with van der Waals surface area (Å²) in [5.41, 5.74) is 11.2. The monoisotopic (exact) mass is 588 g/mol. The van der Waals surface area contributed by atoms with Crippen molar-refractivity contribution < 1.29 is 24.0 Å². The van der Waals surface area contributed by atoms with Gasteiger partial charge in [0, 0.05) is 11.8 Å². The van der Waals surface area contributed by atoms with Gasteiger partial charge in [-0.05, 0) is 83.6 Å². The fourth-order valence-corrected chi connectivity index (χ4v) is 4.02. The van der Waals surface area contributed by atoms with Crippen LogP contribution in [0.5, 0.6) is 0 Å². The number of nitro benzene ring substituents is 1. The number of nitrogens with two attached hydrogens (primary N) is 1. The van der Waals surface area contributed by atoms with E-state index < -0.39 is 10.9 Å². The van der Waals surface area contributed by atoms with E-state index in [0.717, 1.165) is 29.5 Å². The maximum Gasteiger partial charge on any atom is 0.337 e. The van der Waals surface area contributed by atoms with E-state index in [1.54, 1.807) is 60.7 Å². The number of hydrogen-bond donors (Lipinski definition) is 1. The van der Waals surface area contributed by atoms with Gasteiger partial charge < -0.3 is 15.2 Å². The molecule has 0 saturated heterocycles. The number of hydrogen-bond acceptors (Lipinski definition) is 9. The first-order chi connectivity index (χ1) is 21.2. The van der Waals surface area contributed by atoms with Crippen molar-refractivity contribution in [2.75, 3.05) is 20.0 Å². The van der Waals surface area contributed by atoms with Crippen molar-refractivity contribution in [1.29, 1.82) is 10.5 Å². The maximum atomic E-state index is 11.3. The van der Waals surface area contributed by atoms with Crippen LogP contribution < -0.4 is 5.73 Å². The van der Waals surface area contributed by atoms with Crippen LogP contribution in [0, 0.1) is 32.8 Å². The number of aryl methyl sites for hydroxylation is 2. The maximum absolute atomic E-state index is 11.3. The van der Waals surface area contributed by atoms with Crippen molar-refractivity contribution in [1.82, 2.24) is 0 Å². The summed E-state index contributed by atoms with van der Waals surface area (Å²) in [6.07, 6.45) is 5.16. The van der Waals surface area contributed by atoms with Crippen LogP contribution in [0.15, 0.2) is 84.9 Å². The molecule has 0 bridgehead atoms. The molecule has 2 N–H and O–H groups in total. The van der Waals surface area contributed by atoms with Gasteiger partial charge >= 0.3 is 11.9 Å². The number of methoxy groups -OCH3 is 2. The van der Waals surface area contributed by atoms with Crippen LogP contribution in [-0.4, -0.2) is 31.1 Å². The number of nitrogens with zero attached hydrogens (tertiary/aromatic N) is 3. The zero-order valence-electron chi connectivity index (χ0n) is 24.0. The summed E-state index contributed by atoms with van der Waals surface area (Å²) in [5.74, 6) is -0.742. The van der Waals surface area contributed by atoms with Gasteiger partial charge in [-0.1, -0.05) is 42.5 Å². The molecule has 4 rings (SSSR count). The Kier molecular flexibility index (Phi) is 11.5. The van der Waals surface area contributed by atoms with Gasteiger partial charge in [-0.25, -0.2) is 9.59 Å². The lowest BCUT2D eigenvalue weighted by Gasteiger charge is -2.05. The Balaban J connectivity index is 0.000000241. The molecule has 4 aromatic rings. The Morgan fingerprint density at radius 1 is 0.750 bits per heavy atom. The molecule has 0 amide bonds. The minimum atomic E-state index is -0.586. The van der Waals surface area contributed by atoms with Crippen LogP contribution in [0.1, 0.15) is 54.1 Å². The van der Waals surface area contributed by atoms with E-state index in [1.807, 2.05) is 30.3 Å². The lowest BCUT2D eigenvalue weighted by Crippen LogP contribution is -2.01. The summed E-state index contributed by atoms with van der Waals surface area (Å²) in [6.45, 7) is 0. The van der Waals surface area contributed by atoms with Crippen molar-refractivity contribution in [3.8, 4) is 12.1 Å². The van der Waals surface area contributed by atoms with Gasteiger partial charge in [0.25, 0.3) is 5.69 Å². The second kappa shape index (κ2) is 15.7. The lowest BCUT2D eigenvalue weighted by atomic mass is 10.0. The molecule has 44 heavy (non-hydrogen) atoms. The van der Waals surface area contributed by atoms with Gasteiger partial charge in [0.05, 0.1) is 35.8 Å². The molecule has 10 heteroatoms.